The molecule has 2 bridgehead atoms. The van der Waals surface area contributed by atoms with E-state index in [-0.39, 0.29) is 24.0 Å². The van der Waals surface area contributed by atoms with Crippen molar-refractivity contribution in [2.24, 2.45) is 11.8 Å². The molecule has 0 aromatic carbocycles. The topological polar surface area (TPSA) is 75.9 Å². The van der Waals surface area contributed by atoms with Crippen molar-refractivity contribution >= 4 is 11.8 Å². The number of carbonyl (C=O) groups excluding carboxylic acids is 2. The smallest absolute Gasteiger partial charge is 0.230 e. The molecule has 0 unspecified atom stereocenters. The number of aryl methyl sites for hydroxylation is 1. The van der Waals surface area contributed by atoms with Gasteiger partial charge in [-0.2, -0.15) is 0 Å². The van der Waals surface area contributed by atoms with Gasteiger partial charge in [-0.1, -0.05) is 31.2 Å². The first-order chi connectivity index (χ1) is 12.9. The Balaban J connectivity index is 1.56. The van der Waals surface area contributed by atoms with Crippen molar-refractivity contribution in [1.82, 2.24) is 15.0 Å². The number of ether oxygens (including phenoxy) is 1. The summed E-state index contributed by atoms with van der Waals surface area (Å²) in [7, 11) is 1.74. The molecule has 3 aliphatic heterocycles. The molecular formula is C20H27N3O4. The first-order valence-electron chi connectivity index (χ1n) is 9.75. The highest BCUT2D eigenvalue weighted by atomic mass is 16.5. The van der Waals surface area contributed by atoms with Gasteiger partial charge in [0, 0.05) is 19.2 Å². The van der Waals surface area contributed by atoms with Crippen LogP contribution in [0.1, 0.15) is 38.1 Å². The molecule has 4 rings (SSSR count). The highest BCUT2D eigenvalue weighted by Crippen LogP contribution is 2.52. The molecule has 2 saturated heterocycles. The van der Waals surface area contributed by atoms with Crippen LogP contribution in [0.4, 0.5) is 0 Å². The van der Waals surface area contributed by atoms with E-state index in [1.807, 2.05) is 30.0 Å². The van der Waals surface area contributed by atoms with Crippen LogP contribution in [0.2, 0.25) is 0 Å². The second kappa shape index (κ2) is 6.48. The third kappa shape index (κ3) is 2.71. The van der Waals surface area contributed by atoms with Gasteiger partial charge in [-0.15, -0.1) is 0 Å². The number of fused-ring (bicyclic) bond motifs is 1. The molecule has 4 atom stereocenters. The van der Waals surface area contributed by atoms with Crippen molar-refractivity contribution in [3.63, 3.8) is 0 Å². The van der Waals surface area contributed by atoms with Crippen LogP contribution in [0.25, 0.3) is 0 Å². The van der Waals surface area contributed by atoms with Crippen molar-refractivity contribution in [2.75, 3.05) is 13.6 Å². The summed E-state index contributed by atoms with van der Waals surface area (Å²) in [5.74, 6) is -0.299. The van der Waals surface area contributed by atoms with Crippen LogP contribution in [-0.4, -0.2) is 58.1 Å². The molecule has 0 aliphatic carbocycles. The zero-order chi connectivity index (χ0) is 19.3. The predicted molar refractivity (Wildman–Crippen MR) is 97.5 cm³/mol. The van der Waals surface area contributed by atoms with Crippen molar-refractivity contribution < 1.29 is 18.8 Å². The van der Waals surface area contributed by atoms with Crippen LogP contribution in [0.3, 0.4) is 0 Å². The fourth-order valence-electron chi connectivity index (χ4n) is 4.91. The lowest BCUT2D eigenvalue weighted by atomic mass is 9.76. The summed E-state index contributed by atoms with van der Waals surface area (Å²) in [5.41, 5.74) is 0.136. The van der Waals surface area contributed by atoms with Gasteiger partial charge in [-0.25, -0.2) is 0 Å². The zero-order valence-electron chi connectivity index (χ0n) is 16.3. The number of hydrogen-bond acceptors (Lipinski definition) is 5. The van der Waals surface area contributed by atoms with Crippen molar-refractivity contribution in [1.29, 1.82) is 0 Å². The molecule has 27 heavy (non-hydrogen) atoms. The van der Waals surface area contributed by atoms with Crippen LogP contribution in [0.5, 0.6) is 0 Å². The van der Waals surface area contributed by atoms with Crippen molar-refractivity contribution in [3.8, 4) is 0 Å². The summed E-state index contributed by atoms with van der Waals surface area (Å²) >= 11 is 0. The fourth-order valence-corrected chi connectivity index (χ4v) is 4.91. The van der Waals surface area contributed by atoms with E-state index in [1.165, 1.54) is 0 Å². The Labute approximate surface area is 159 Å². The Morgan fingerprint density at radius 3 is 2.81 bits per heavy atom. The number of likely N-dealkylation sites (tertiary alicyclic amines) is 1. The number of rotatable bonds is 6. The second-order valence-corrected chi connectivity index (χ2v) is 7.97. The third-order valence-corrected chi connectivity index (χ3v) is 6.24. The summed E-state index contributed by atoms with van der Waals surface area (Å²) in [6.45, 7) is 6.91. The molecule has 2 amide bonds. The van der Waals surface area contributed by atoms with E-state index in [0.717, 1.165) is 18.5 Å². The number of carbonyl (C=O) groups is 2. The number of aromatic nitrogens is 1. The normalized spacial score (nSPS) is 31.2. The molecule has 4 heterocycles. The van der Waals surface area contributed by atoms with Crippen molar-refractivity contribution in [2.45, 2.75) is 57.9 Å². The monoisotopic (exact) mass is 373 g/mol. The van der Waals surface area contributed by atoms with Crippen LogP contribution in [0, 0.1) is 18.8 Å². The maximum Gasteiger partial charge on any atom is 0.230 e. The molecule has 7 nitrogen and oxygen atoms in total. The lowest BCUT2D eigenvalue weighted by molar-refractivity contribution is -0.143. The van der Waals surface area contributed by atoms with Crippen molar-refractivity contribution in [3.05, 3.63) is 29.7 Å². The highest BCUT2D eigenvalue weighted by molar-refractivity contribution is 5.93. The Bertz CT molecular complexity index is 784. The maximum atomic E-state index is 13.2. The fraction of sp³-hybridized carbons (Fsp3) is 0.650. The second-order valence-electron chi connectivity index (χ2n) is 7.97. The number of amides is 2. The SMILES string of the molecule is CCC(CC)N1C[C@]23C=C[C@H](O2)[C@H](C(=O)N(C)Cc2cc(C)no2)[C@@H]3C1=O. The average molecular weight is 373 g/mol. The Morgan fingerprint density at radius 1 is 1.44 bits per heavy atom. The molecule has 7 heteroatoms. The summed E-state index contributed by atoms with van der Waals surface area (Å²) in [6, 6.07) is 2.01. The van der Waals surface area contributed by atoms with Gasteiger partial charge in [-0.05, 0) is 19.8 Å². The van der Waals surface area contributed by atoms with Gasteiger partial charge in [-0.3, -0.25) is 9.59 Å². The van der Waals surface area contributed by atoms with Gasteiger partial charge in [0.05, 0.1) is 36.7 Å². The van der Waals surface area contributed by atoms with Gasteiger partial charge >= 0.3 is 0 Å². The van der Waals surface area contributed by atoms with Gasteiger partial charge in [0.2, 0.25) is 11.8 Å². The molecule has 2 fully saturated rings. The van der Waals surface area contributed by atoms with E-state index < -0.39 is 17.4 Å². The lowest BCUT2D eigenvalue weighted by Crippen LogP contribution is -2.45. The zero-order valence-corrected chi connectivity index (χ0v) is 16.3. The highest BCUT2D eigenvalue weighted by Gasteiger charge is 2.67. The van der Waals surface area contributed by atoms with Crippen LogP contribution < -0.4 is 0 Å². The molecule has 1 aromatic heterocycles. The minimum atomic E-state index is -0.645. The Morgan fingerprint density at radius 2 is 2.19 bits per heavy atom. The number of nitrogens with zero attached hydrogens (tertiary/aromatic N) is 3. The van der Waals surface area contributed by atoms with E-state index in [1.54, 1.807) is 11.9 Å². The summed E-state index contributed by atoms with van der Waals surface area (Å²) < 4.78 is 11.4. The minimum Gasteiger partial charge on any atom is -0.360 e. The molecule has 3 aliphatic rings. The van der Waals surface area contributed by atoms with E-state index in [4.69, 9.17) is 9.26 Å². The van der Waals surface area contributed by atoms with E-state index in [2.05, 4.69) is 19.0 Å². The first-order valence-corrected chi connectivity index (χ1v) is 9.75. The molecule has 0 N–H and O–H groups in total. The van der Waals surface area contributed by atoms with E-state index >= 15 is 0 Å². The predicted octanol–water partition coefficient (Wildman–Crippen LogP) is 1.91. The number of hydrogen-bond donors (Lipinski definition) is 0. The molecular weight excluding hydrogens is 346 g/mol. The average Bonchev–Trinajstić information content (AvgIpc) is 3.38. The lowest BCUT2D eigenvalue weighted by Gasteiger charge is -2.29. The third-order valence-electron chi connectivity index (χ3n) is 6.24. The van der Waals surface area contributed by atoms with Crippen LogP contribution in [0.15, 0.2) is 22.7 Å². The largest absolute Gasteiger partial charge is 0.360 e. The summed E-state index contributed by atoms with van der Waals surface area (Å²) in [4.78, 5) is 30.0. The maximum absolute atomic E-state index is 13.2. The van der Waals surface area contributed by atoms with Crippen LogP contribution >= 0.6 is 0 Å². The standard InChI is InChI=1S/C20H27N3O4/c1-5-13(6-2)23-11-20-8-7-15(26-20)16(17(20)19(23)25)18(24)22(4)10-14-9-12(3)21-27-14/h7-9,13,15-17H,5-6,10-11H2,1-4H3/t15-,16-,17+,20-/m0/s1. The molecule has 146 valence electrons. The molecule has 1 spiro atoms. The minimum absolute atomic E-state index is 0.0535. The molecule has 1 aromatic rings. The Kier molecular flexibility index (Phi) is 4.37. The summed E-state index contributed by atoms with van der Waals surface area (Å²) in [5, 5.41) is 3.87. The van der Waals surface area contributed by atoms with Gasteiger partial charge in [0.1, 0.15) is 5.60 Å². The van der Waals surface area contributed by atoms with Gasteiger partial charge in [0.15, 0.2) is 5.76 Å². The quantitative estimate of drug-likeness (QED) is 0.712. The molecule has 0 saturated carbocycles. The van der Waals surface area contributed by atoms with Gasteiger partial charge in [0.25, 0.3) is 0 Å². The van der Waals surface area contributed by atoms with E-state index in [0.29, 0.717) is 18.8 Å². The first kappa shape index (κ1) is 18.2. The Hall–Kier alpha value is -2.15. The molecule has 0 radical (unpaired) electrons. The van der Waals surface area contributed by atoms with E-state index in [9.17, 15) is 9.59 Å². The summed E-state index contributed by atoms with van der Waals surface area (Å²) in [6.07, 6.45) is 5.44. The van der Waals surface area contributed by atoms with Gasteiger partial charge < -0.3 is 19.1 Å². The van der Waals surface area contributed by atoms with Crippen LogP contribution in [-0.2, 0) is 20.9 Å².